The van der Waals surface area contributed by atoms with Gasteiger partial charge in [-0.25, -0.2) is 4.79 Å². The third kappa shape index (κ3) is 15.9. The molecule has 1 aliphatic heterocycles. The number of hydrogen-bond acceptors (Lipinski definition) is 13. The molecule has 1 heterocycles. The van der Waals surface area contributed by atoms with E-state index in [0.29, 0.717) is 6.42 Å². The smallest absolute Gasteiger partial charge is 0.326 e. The zero-order chi connectivity index (χ0) is 40.6. The number of hydrogen-bond donors (Lipinski definition) is 12. The summed E-state index contributed by atoms with van der Waals surface area (Å²) in [5.74, 6) is -14.1. The Labute approximate surface area is 299 Å². The summed E-state index contributed by atoms with van der Waals surface area (Å²) < 4.78 is 0. The molecule has 1 saturated heterocycles. The molecule has 1 aliphatic rings. The minimum absolute atomic E-state index is 0.0267. The lowest BCUT2D eigenvalue weighted by Gasteiger charge is -2.28. The minimum atomic E-state index is -1.98. The van der Waals surface area contributed by atoms with Gasteiger partial charge in [0.15, 0.2) is 0 Å². The summed E-state index contributed by atoms with van der Waals surface area (Å²) in [6.07, 6.45) is -5.86. The van der Waals surface area contributed by atoms with E-state index >= 15 is 0 Å². The SMILES string of the molecule is C[C@@H](O)[C@H](NC(=O)[C@H](CCC(=O)O)NC(=O)[C@H](CCC(=O)O)NC(=O)[C@@H]1CCCN1C(=O)CNC(=O)[C@@H](N)CC(=O)O)C(=O)N[C@@H](CC(=O)O)C(=O)O. The van der Waals surface area contributed by atoms with E-state index in [4.69, 9.17) is 15.9 Å². The normalized spacial score (nSPS) is 17.0. The van der Waals surface area contributed by atoms with Crippen molar-refractivity contribution in [3.05, 3.63) is 0 Å². The summed E-state index contributed by atoms with van der Waals surface area (Å²) in [4.78, 5) is 134. The molecule has 296 valence electrons. The molecule has 13 N–H and O–H groups in total. The number of nitrogens with two attached hydrogens (primary N) is 1. The van der Waals surface area contributed by atoms with Gasteiger partial charge in [-0.15, -0.1) is 0 Å². The summed E-state index contributed by atoms with van der Waals surface area (Å²) in [5, 5.41) is 66.0. The molecular formula is C29H43N7O17. The molecule has 1 rings (SSSR count). The van der Waals surface area contributed by atoms with Crippen molar-refractivity contribution in [2.75, 3.05) is 13.1 Å². The minimum Gasteiger partial charge on any atom is -0.481 e. The van der Waals surface area contributed by atoms with Gasteiger partial charge >= 0.3 is 29.8 Å². The fourth-order valence-electron chi connectivity index (χ4n) is 4.92. The number of aliphatic carboxylic acids is 5. The highest BCUT2D eigenvalue weighted by atomic mass is 16.4. The van der Waals surface area contributed by atoms with Crippen LogP contribution in [0.25, 0.3) is 0 Å². The van der Waals surface area contributed by atoms with Crippen molar-refractivity contribution in [3.63, 3.8) is 0 Å². The Kier molecular flexibility index (Phi) is 18.3. The van der Waals surface area contributed by atoms with Crippen molar-refractivity contribution < 1.29 is 83.4 Å². The van der Waals surface area contributed by atoms with Gasteiger partial charge < -0.3 is 67.9 Å². The Bertz CT molecular complexity index is 1440. The van der Waals surface area contributed by atoms with Gasteiger partial charge in [-0.1, -0.05) is 0 Å². The average molecular weight is 762 g/mol. The van der Waals surface area contributed by atoms with Crippen molar-refractivity contribution >= 4 is 65.3 Å². The average Bonchev–Trinajstić information content (AvgIpc) is 3.55. The molecule has 24 nitrogen and oxygen atoms in total. The number of carbonyl (C=O) groups is 11. The van der Waals surface area contributed by atoms with Crippen LogP contribution in [0.2, 0.25) is 0 Å². The highest BCUT2D eigenvalue weighted by Crippen LogP contribution is 2.18. The standard InChI is InChI=1S/C29H43N7O17/c1-12(37)23(28(51)34-16(29(52)53)10-22(45)46)35-26(49)15(5-7-20(41)42)32-25(48)14(4-6-19(39)40)33-27(50)17-3-2-8-36(17)18(38)11-31-24(47)13(30)9-21(43)44/h12-17,23,37H,2-11,30H2,1H3,(H,31,47)(H,32,48)(H,33,50)(H,34,51)(H,35,49)(H,39,40)(H,41,42)(H,43,44)(H,45,46)(H,52,53)/t12-,13+,14+,15+,16+,17+,23+/m1/s1. The molecule has 24 heteroatoms. The van der Waals surface area contributed by atoms with Crippen LogP contribution in [0.15, 0.2) is 0 Å². The van der Waals surface area contributed by atoms with E-state index < -0.39 is 153 Å². The third-order valence-corrected chi connectivity index (χ3v) is 7.64. The van der Waals surface area contributed by atoms with Crippen LogP contribution in [0.3, 0.4) is 0 Å². The highest BCUT2D eigenvalue weighted by molar-refractivity contribution is 5.97. The molecule has 0 aliphatic carbocycles. The number of carboxylic acid groups (broad SMARTS) is 5. The van der Waals surface area contributed by atoms with E-state index in [1.165, 1.54) is 0 Å². The second-order valence-electron chi connectivity index (χ2n) is 11.9. The van der Waals surface area contributed by atoms with Crippen LogP contribution in [0.1, 0.15) is 58.3 Å². The van der Waals surface area contributed by atoms with Gasteiger partial charge in [0, 0.05) is 19.4 Å². The van der Waals surface area contributed by atoms with Crippen molar-refractivity contribution in [2.45, 2.75) is 101 Å². The van der Waals surface area contributed by atoms with Crippen molar-refractivity contribution in [1.82, 2.24) is 31.5 Å². The molecule has 7 atom stereocenters. The monoisotopic (exact) mass is 761 g/mol. The molecule has 6 amide bonds. The summed E-state index contributed by atoms with van der Waals surface area (Å²) >= 11 is 0. The van der Waals surface area contributed by atoms with Crippen LogP contribution in [-0.4, -0.2) is 156 Å². The van der Waals surface area contributed by atoms with Gasteiger partial charge in [0.2, 0.25) is 35.4 Å². The number of aliphatic hydroxyl groups excluding tert-OH is 1. The molecular weight excluding hydrogens is 718 g/mol. The molecule has 0 aromatic carbocycles. The number of carbonyl (C=O) groups excluding carboxylic acids is 6. The van der Waals surface area contributed by atoms with Crippen LogP contribution in [0, 0.1) is 0 Å². The van der Waals surface area contributed by atoms with E-state index in [9.17, 15) is 73.2 Å². The first-order valence-corrected chi connectivity index (χ1v) is 16.0. The lowest BCUT2D eigenvalue weighted by atomic mass is 10.0. The molecule has 0 spiro atoms. The molecule has 0 saturated carbocycles. The highest BCUT2D eigenvalue weighted by Gasteiger charge is 2.38. The molecule has 0 unspecified atom stereocenters. The summed E-state index contributed by atoms with van der Waals surface area (Å²) in [6.45, 7) is 0.360. The van der Waals surface area contributed by atoms with Crippen LogP contribution < -0.4 is 32.3 Å². The molecule has 0 radical (unpaired) electrons. The number of amides is 6. The van der Waals surface area contributed by atoms with E-state index in [0.717, 1.165) is 11.8 Å². The van der Waals surface area contributed by atoms with E-state index in [-0.39, 0.29) is 13.0 Å². The first-order valence-electron chi connectivity index (χ1n) is 16.0. The molecule has 0 aromatic heterocycles. The molecule has 1 fully saturated rings. The van der Waals surface area contributed by atoms with Gasteiger partial charge in [0.05, 0.1) is 31.5 Å². The molecule has 53 heavy (non-hydrogen) atoms. The van der Waals surface area contributed by atoms with Crippen molar-refractivity contribution in [2.24, 2.45) is 5.73 Å². The van der Waals surface area contributed by atoms with Gasteiger partial charge in [0.1, 0.15) is 30.2 Å². The van der Waals surface area contributed by atoms with Crippen molar-refractivity contribution in [3.8, 4) is 0 Å². The Hall–Kier alpha value is -5.91. The number of nitrogens with one attached hydrogen (secondary N) is 5. The summed E-state index contributed by atoms with van der Waals surface area (Å²) in [6, 6.07) is -10.1. The van der Waals surface area contributed by atoms with Crippen LogP contribution in [0.5, 0.6) is 0 Å². The number of rotatable bonds is 23. The fraction of sp³-hybridized carbons (Fsp3) is 0.621. The second kappa shape index (κ2) is 21.5. The largest absolute Gasteiger partial charge is 0.481 e. The lowest BCUT2D eigenvalue weighted by Crippen LogP contribution is -2.60. The van der Waals surface area contributed by atoms with Crippen LogP contribution in [-0.2, 0) is 52.7 Å². The quantitative estimate of drug-likeness (QED) is 0.0462. The van der Waals surface area contributed by atoms with Gasteiger partial charge in [-0.3, -0.25) is 47.9 Å². The Balaban J connectivity index is 3.18. The first kappa shape index (κ1) is 45.1. The maximum Gasteiger partial charge on any atom is 0.326 e. The Morgan fingerprint density at radius 3 is 1.68 bits per heavy atom. The summed E-state index contributed by atoms with van der Waals surface area (Å²) in [5.41, 5.74) is 5.46. The predicted molar refractivity (Wildman–Crippen MR) is 171 cm³/mol. The molecule has 0 bridgehead atoms. The number of aliphatic hydroxyl groups is 1. The Morgan fingerprint density at radius 1 is 0.679 bits per heavy atom. The van der Waals surface area contributed by atoms with Gasteiger partial charge in [-0.05, 0) is 32.6 Å². The lowest BCUT2D eigenvalue weighted by molar-refractivity contribution is -0.148. The first-order chi connectivity index (χ1) is 24.6. The fourth-order valence-corrected chi connectivity index (χ4v) is 4.92. The van der Waals surface area contributed by atoms with Crippen LogP contribution in [0.4, 0.5) is 0 Å². The zero-order valence-electron chi connectivity index (χ0n) is 28.3. The van der Waals surface area contributed by atoms with Gasteiger partial charge in [0.25, 0.3) is 0 Å². The number of carboxylic acids is 5. The van der Waals surface area contributed by atoms with Crippen molar-refractivity contribution in [1.29, 1.82) is 0 Å². The van der Waals surface area contributed by atoms with Gasteiger partial charge in [-0.2, -0.15) is 0 Å². The predicted octanol–water partition coefficient (Wildman–Crippen LogP) is -5.50. The second-order valence-corrected chi connectivity index (χ2v) is 11.9. The van der Waals surface area contributed by atoms with Crippen LogP contribution >= 0.6 is 0 Å². The van der Waals surface area contributed by atoms with E-state index in [1.54, 1.807) is 0 Å². The summed E-state index contributed by atoms with van der Waals surface area (Å²) in [7, 11) is 0. The number of likely N-dealkylation sites (tertiary alicyclic amines) is 1. The maximum atomic E-state index is 13.4. The third-order valence-electron chi connectivity index (χ3n) is 7.64. The zero-order valence-corrected chi connectivity index (χ0v) is 28.3. The maximum absolute atomic E-state index is 13.4. The Morgan fingerprint density at radius 2 is 1.19 bits per heavy atom. The van der Waals surface area contributed by atoms with E-state index in [2.05, 4.69) is 16.0 Å². The topological polar surface area (TPSA) is 399 Å². The molecule has 0 aromatic rings. The number of nitrogens with zero attached hydrogens (tertiary/aromatic N) is 1. The van der Waals surface area contributed by atoms with E-state index in [1.807, 2.05) is 10.6 Å².